The van der Waals surface area contributed by atoms with Gasteiger partial charge in [0.1, 0.15) is 18.1 Å². The van der Waals surface area contributed by atoms with Crippen LogP contribution in [-0.2, 0) is 13.1 Å². The quantitative estimate of drug-likeness (QED) is 0.606. The molecule has 0 radical (unpaired) electrons. The minimum Gasteiger partial charge on any atom is -0.497 e. The Hall–Kier alpha value is -2.78. The molecule has 0 fully saturated rings. The molecule has 0 saturated carbocycles. The molecular weight excluding hydrogens is 310 g/mol. The van der Waals surface area contributed by atoms with Gasteiger partial charge in [-0.15, -0.1) is 0 Å². The molecule has 1 N–H and O–H groups in total. The zero-order valence-corrected chi connectivity index (χ0v) is 14.5. The molecule has 128 valence electrons. The molecule has 0 spiro atoms. The molecule has 0 bridgehead atoms. The SMILES string of the molecule is C=CCOc1ccc2ccccc2c1CNCc1ccc(OC)cc1. The highest BCUT2D eigenvalue weighted by molar-refractivity contribution is 5.87. The summed E-state index contributed by atoms with van der Waals surface area (Å²) in [5.74, 6) is 1.78. The van der Waals surface area contributed by atoms with Crippen LogP contribution in [0.25, 0.3) is 10.8 Å². The second kappa shape index (κ2) is 8.36. The standard InChI is InChI=1S/C22H23NO2/c1-3-14-25-22-13-10-18-6-4-5-7-20(18)21(22)16-23-15-17-8-11-19(24-2)12-9-17/h3-13,23H,1,14-16H2,2H3. The molecule has 0 aliphatic carbocycles. The Balaban J connectivity index is 1.77. The zero-order chi connectivity index (χ0) is 17.5. The maximum atomic E-state index is 5.85. The average molecular weight is 333 g/mol. The van der Waals surface area contributed by atoms with E-state index in [9.17, 15) is 0 Å². The number of methoxy groups -OCH3 is 1. The summed E-state index contributed by atoms with van der Waals surface area (Å²) in [6.45, 7) is 5.76. The number of benzene rings is 3. The lowest BCUT2D eigenvalue weighted by molar-refractivity contribution is 0.358. The van der Waals surface area contributed by atoms with Gasteiger partial charge in [0.2, 0.25) is 0 Å². The molecule has 0 unspecified atom stereocenters. The number of rotatable bonds is 8. The largest absolute Gasteiger partial charge is 0.497 e. The lowest BCUT2D eigenvalue weighted by Crippen LogP contribution is -2.14. The monoisotopic (exact) mass is 333 g/mol. The molecule has 0 heterocycles. The van der Waals surface area contributed by atoms with E-state index in [1.807, 2.05) is 18.2 Å². The topological polar surface area (TPSA) is 30.5 Å². The second-order valence-corrected chi connectivity index (χ2v) is 5.81. The lowest BCUT2D eigenvalue weighted by Gasteiger charge is -2.14. The molecule has 0 aromatic heterocycles. The predicted octanol–water partition coefficient (Wildman–Crippen LogP) is 4.70. The first-order valence-corrected chi connectivity index (χ1v) is 8.40. The van der Waals surface area contributed by atoms with Gasteiger partial charge in [0.15, 0.2) is 0 Å². The minimum absolute atomic E-state index is 0.504. The first-order valence-electron chi connectivity index (χ1n) is 8.40. The third-order valence-corrected chi connectivity index (χ3v) is 4.14. The highest BCUT2D eigenvalue weighted by Gasteiger charge is 2.08. The van der Waals surface area contributed by atoms with E-state index in [-0.39, 0.29) is 0 Å². The maximum Gasteiger partial charge on any atom is 0.124 e. The smallest absolute Gasteiger partial charge is 0.124 e. The van der Waals surface area contributed by atoms with Crippen LogP contribution in [0.1, 0.15) is 11.1 Å². The van der Waals surface area contributed by atoms with Gasteiger partial charge >= 0.3 is 0 Å². The van der Waals surface area contributed by atoms with Gasteiger partial charge in [-0.3, -0.25) is 0 Å². The molecular formula is C22H23NO2. The van der Waals surface area contributed by atoms with Crippen molar-refractivity contribution in [2.75, 3.05) is 13.7 Å². The summed E-state index contributed by atoms with van der Waals surface area (Å²) < 4.78 is 11.1. The van der Waals surface area contributed by atoms with Gasteiger partial charge in [-0.25, -0.2) is 0 Å². The molecule has 3 aromatic carbocycles. The summed E-state index contributed by atoms with van der Waals surface area (Å²) in [5.41, 5.74) is 2.39. The molecule has 3 rings (SSSR count). The van der Waals surface area contributed by atoms with E-state index in [1.54, 1.807) is 13.2 Å². The predicted molar refractivity (Wildman–Crippen MR) is 103 cm³/mol. The molecule has 25 heavy (non-hydrogen) atoms. The van der Waals surface area contributed by atoms with Gasteiger partial charge in [0.05, 0.1) is 7.11 Å². The van der Waals surface area contributed by atoms with Gasteiger partial charge in [-0.2, -0.15) is 0 Å². The number of hydrogen-bond acceptors (Lipinski definition) is 3. The van der Waals surface area contributed by atoms with Crippen molar-refractivity contribution < 1.29 is 9.47 Å². The van der Waals surface area contributed by atoms with Crippen LogP contribution in [0.2, 0.25) is 0 Å². The van der Waals surface area contributed by atoms with Crippen LogP contribution in [0.4, 0.5) is 0 Å². The van der Waals surface area contributed by atoms with E-state index >= 15 is 0 Å². The van der Waals surface area contributed by atoms with Crippen molar-refractivity contribution in [3.63, 3.8) is 0 Å². The van der Waals surface area contributed by atoms with E-state index in [4.69, 9.17) is 9.47 Å². The highest BCUT2D eigenvalue weighted by Crippen LogP contribution is 2.28. The third-order valence-electron chi connectivity index (χ3n) is 4.14. The van der Waals surface area contributed by atoms with E-state index < -0.39 is 0 Å². The van der Waals surface area contributed by atoms with Crippen LogP contribution < -0.4 is 14.8 Å². The van der Waals surface area contributed by atoms with Crippen molar-refractivity contribution in [3.05, 3.63) is 84.4 Å². The summed E-state index contributed by atoms with van der Waals surface area (Å²) in [6, 6.07) is 20.6. The molecule has 0 aliphatic rings. The fourth-order valence-electron chi connectivity index (χ4n) is 2.86. The Morgan fingerprint density at radius 3 is 2.52 bits per heavy atom. The number of nitrogens with one attached hydrogen (secondary N) is 1. The van der Waals surface area contributed by atoms with Crippen LogP contribution in [0.15, 0.2) is 73.3 Å². The van der Waals surface area contributed by atoms with Crippen LogP contribution >= 0.6 is 0 Å². The minimum atomic E-state index is 0.504. The van der Waals surface area contributed by atoms with Crippen LogP contribution in [0, 0.1) is 0 Å². The number of fused-ring (bicyclic) bond motifs is 1. The number of ether oxygens (including phenoxy) is 2. The average Bonchev–Trinajstić information content (AvgIpc) is 2.67. The summed E-state index contributed by atoms with van der Waals surface area (Å²) in [7, 11) is 1.68. The van der Waals surface area contributed by atoms with Gasteiger partial charge in [-0.1, -0.05) is 55.1 Å². The first-order chi connectivity index (χ1) is 12.3. The Bertz CT molecular complexity index is 840. The fraction of sp³-hybridized carbons (Fsp3) is 0.182. The van der Waals surface area contributed by atoms with Gasteiger partial charge in [0, 0.05) is 18.7 Å². The van der Waals surface area contributed by atoms with E-state index in [1.165, 1.54) is 21.9 Å². The first kappa shape index (κ1) is 17.1. The van der Waals surface area contributed by atoms with Crippen molar-refractivity contribution in [1.82, 2.24) is 5.32 Å². The molecule has 0 aliphatic heterocycles. The van der Waals surface area contributed by atoms with Gasteiger partial charge < -0.3 is 14.8 Å². The summed E-state index contributed by atoms with van der Waals surface area (Å²) in [5, 5.41) is 5.95. The Kier molecular flexibility index (Phi) is 5.70. The molecule has 3 nitrogen and oxygen atoms in total. The molecule has 0 saturated heterocycles. The Morgan fingerprint density at radius 1 is 0.960 bits per heavy atom. The third kappa shape index (κ3) is 4.20. The molecule has 3 aromatic rings. The van der Waals surface area contributed by atoms with Crippen molar-refractivity contribution in [3.8, 4) is 11.5 Å². The summed E-state index contributed by atoms with van der Waals surface area (Å²) in [4.78, 5) is 0. The van der Waals surface area contributed by atoms with E-state index in [2.05, 4.69) is 54.4 Å². The Labute approximate surface area is 148 Å². The molecule has 0 amide bonds. The van der Waals surface area contributed by atoms with Crippen molar-refractivity contribution in [2.24, 2.45) is 0 Å². The Morgan fingerprint density at radius 2 is 1.76 bits per heavy atom. The maximum absolute atomic E-state index is 5.85. The van der Waals surface area contributed by atoms with Crippen LogP contribution in [-0.4, -0.2) is 13.7 Å². The highest BCUT2D eigenvalue weighted by atomic mass is 16.5. The molecule has 3 heteroatoms. The van der Waals surface area contributed by atoms with Crippen molar-refractivity contribution >= 4 is 10.8 Å². The fourth-order valence-corrected chi connectivity index (χ4v) is 2.86. The second-order valence-electron chi connectivity index (χ2n) is 5.81. The normalized spacial score (nSPS) is 10.6. The number of hydrogen-bond donors (Lipinski definition) is 1. The van der Waals surface area contributed by atoms with Crippen molar-refractivity contribution in [2.45, 2.75) is 13.1 Å². The molecule has 0 atom stereocenters. The van der Waals surface area contributed by atoms with Gasteiger partial charge in [0.25, 0.3) is 0 Å². The van der Waals surface area contributed by atoms with Gasteiger partial charge in [-0.05, 0) is 34.5 Å². The van der Waals surface area contributed by atoms with E-state index in [0.29, 0.717) is 6.61 Å². The summed E-state index contributed by atoms with van der Waals surface area (Å²) >= 11 is 0. The van der Waals surface area contributed by atoms with E-state index in [0.717, 1.165) is 24.6 Å². The van der Waals surface area contributed by atoms with Crippen LogP contribution in [0.5, 0.6) is 11.5 Å². The summed E-state index contributed by atoms with van der Waals surface area (Å²) in [6.07, 6.45) is 1.77. The zero-order valence-electron chi connectivity index (χ0n) is 14.5. The lowest BCUT2D eigenvalue weighted by atomic mass is 10.0. The van der Waals surface area contributed by atoms with Crippen LogP contribution in [0.3, 0.4) is 0 Å². The van der Waals surface area contributed by atoms with Crippen molar-refractivity contribution in [1.29, 1.82) is 0 Å².